The fourth-order valence-electron chi connectivity index (χ4n) is 6.15. The van der Waals surface area contributed by atoms with Gasteiger partial charge < -0.3 is 24.3 Å². The van der Waals surface area contributed by atoms with Crippen molar-refractivity contribution in [2.45, 2.75) is 58.0 Å². The first-order valence-corrected chi connectivity index (χ1v) is 13.0. The Labute approximate surface area is 211 Å². The Morgan fingerprint density at radius 3 is 2.61 bits per heavy atom. The van der Waals surface area contributed by atoms with Gasteiger partial charge in [-0.3, -0.25) is 14.4 Å². The van der Waals surface area contributed by atoms with Crippen molar-refractivity contribution in [2.24, 2.45) is 11.3 Å². The van der Waals surface area contributed by atoms with Crippen LogP contribution in [0.25, 0.3) is 0 Å². The van der Waals surface area contributed by atoms with Crippen LogP contribution in [0.5, 0.6) is 11.5 Å². The van der Waals surface area contributed by atoms with E-state index in [-0.39, 0.29) is 34.5 Å². The number of hydrogen-bond donors (Lipinski definition) is 1. The summed E-state index contributed by atoms with van der Waals surface area (Å²) in [6.45, 7) is 1.66. The van der Waals surface area contributed by atoms with Crippen molar-refractivity contribution in [3.8, 4) is 11.5 Å². The molecule has 2 aliphatic carbocycles. The molecule has 0 saturated heterocycles. The summed E-state index contributed by atoms with van der Waals surface area (Å²) in [6, 6.07) is 8.88. The van der Waals surface area contributed by atoms with Crippen LogP contribution in [-0.2, 0) is 24.3 Å². The molecule has 8 heteroatoms. The van der Waals surface area contributed by atoms with E-state index in [4.69, 9.17) is 9.47 Å². The molecule has 1 N–H and O–H groups in total. The molecule has 0 radical (unpaired) electrons. The number of benzene rings is 1. The highest BCUT2D eigenvalue weighted by Gasteiger charge is 2.58. The van der Waals surface area contributed by atoms with E-state index in [1.807, 2.05) is 29.2 Å². The number of nitrogens with one attached hydrogen (secondary N) is 1. The SMILES string of the molecule is COc1cccc(CNC(=O)c2c(OC)cc(=O)n3c2CCN(C(=O)C2CC24CCCCC4)CC3)c1. The molecular formula is C28H35N3O5. The van der Waals surface area contributed by atoms with Gasteiger partial charge >= 0.3 is 0 Å². The monoisotopic (exact) mass is 493 g/mol. The van der Waals surface area contributed by atoms with Crippen LogP contribution < -0.4 is 20.3 Å². The van der Waals surface area contributed by atoms with Gasteiger partial charge in [-0.15, -0.1) is 0 Å². The Hall–Kier alpha value is -3.29. The standard InChI is InChI=1S/C28H35N3O5/c1-35-20-8-6-7-19(15-20)18-29-26(33)25-22-9-12-30(13-14-31(22)24(32)16-23(25)36-2)27(34)21-17-28(21)10-4-3-5-11-28/h6-8,15-16,21H,3-5,9-14,17-18H2,1-2H3,(H,29,33). The summed E-state index contributed by atoms with van der Waals surface area (Å²) in [5.74, 6) is 1.01. The molecular weight excluding hydrogens is 458 g/mol. The number of methoxy groups -OCH3 is 2. The minimum absolute atomic E-state index is 0.121. The second kappa shape index (κ2) is 9.99. The number of amides is 2. The Kier molecular flexibility index (Phi) is 6.77. The highest BCUT2D eigenvalue weighted by atomic mass is 16.5. The molecule has 1 aromatic heterocycles. The molecule has 1 aliphatic heterocycles. The molecule has 1 aromatic carbocycles. The van der Waals surface area contributed by atoms with Gasteiger partial charge in [0, 0.05) is 50.3 Å². The minimum Gasteiger partial charge on any atom is -0.497 e. The van der Waals surface area contributed by atoms with Gasteiger partial charge in [-0.05, 0) is 42.4 Å². The molecule has 1 atom stereocenters. The van der Waals surface area contributed by atoms with Crippen LogP contribution >= 0.6 is 0 Å². The Bertz CT molecular complexity index is 1210. The van der Waals surface area contributed by atoms with Crippen molar-refractivity contribution in [3.05, 3.63) is 57.5 Å². The zero-order valence-corrected chi connectivity index (χ0v) is 21.2. The van der Waals surface area contributed by atoms with E-state index in [0.717, 1.165) is 30.6 Å². The number of nitrogens with zero attached hydrogens (tertiary/aromatic N) is 2. The molecule has 1 unspecified atom stereocenters. The summed E-state index contributed by atoms with van der Waals surface area (Å²) in [6.07, 6.45) is 7.46. The van der Waals surface area contributed by atoms with Crippen molar-refractivity contribution in [1.29, 1.82) is 0 Å². The molecule has 2 aromatic rings. The average Bonchev–Trinajstić information content (AvgIpc) is 3.64. The number of pyridine rings is 1. The van der Waals surface area contributed by atoms with E-state index in [1.165, 1.54) is 32.4 Å². The van der Waals surface area contributed by atoms with Gasteiger partial charge in [0.05, 0.1) is 14.2 Å². The molecule has 192 valence electrons. The largest absolute Gasteiger partial charge is 0.497 e. The topological polar surface area (TPSA) is 89.9 Å². The number of aromatic nitrogens is 1. The summed E-state index contributed by atoms with van der Waals surface area (Å²) >= 11 is 0. The second-order valence-electron chi connectivity index (χ2n) is 10.3. The first-order valence-electron chi connectivity index (χ1n) is 13.0. The Balaban J connectivity index is 1.34. The smallest absolute Gasteiger partial charge is 0.257 e. The molecule has 1 spiro atoms. The summed E-state index contributed by atoms with van der Waals surface area (Å²) in [7, 11) is 3.07. The van der Waals surface area contributed by atoms with E-state index >= 15 is 0 Å². The fraction of sp³-hybridized carbons (Fsp3) is 0.536. The maximum absolute atomic E-state index is 13.4. The minimum atomic E-state index is -0.304. The Morgan fingerprint density at radius 1 is 1.06 bits per heavy atom. The van der Waals surface area contributed by atoms with E-state index in [2.05, 4.69) is 5.32 Å². The lowest BCUT2D eigenvalue weighted by Crippen LogP contribution is -2.36. The highest BCUT2D eigenvalue weighted by molar-refractivity contribution is 5.98. The van der Waals surface area contributed by atoms with Gasteiger partial charge in [0.15, 0.2) is 0 Å². The zero-order valence-electron chi connectivity index (χ0n) is 21.2. The van der Waals surface area contributed by atoms with Crippen molar-refractivity contribution < 1.29 is 19.1 Å². The molecule has 36 heavy (non-hydrogen) atoms. The van der Waals surface area contributed by atoms with Gasteiger partial charge in [-0.2, -0.15) is 0 Å². The molecule has 3 aliphatic rings. The van der Waals surface area contributed by atoms with Crippen LogP contribution in [0.1, 0.15) is 60.1 Å². The normalized spacial score (nSPS) is 20.3. The summed E-state index contributed by atoms with van der Waals surface area (Å²) < 4.78 is 12.4. The lowest BCUT2D eigenvalue weighted by atomic mass is 9.84. The average molecular weight is 494 g/mol. The quantitative estimate of drug-likeness (QED) is 0.668. The lowest BCUT2D eigenvalue weighted by Gasteiger charge is -2.25. The number of fused-ring (bicyclic) bond motifs is 1. The van der Waals surface area contributed by atoms with Gasteiger partial charge in [-0.1, -0.05) is 31.4 Å². The van der Waals surface area contributed by atoms with Crippen LogP contribution in [-0.4, -0.2) is 48.6 Å². The molecule has 0 bridgehead atoms. The molecule has 8 nitrogen and oxygen atoms in total. The maximum atomic E-state index is 13.4. The van der Waals surface area contributed by atoms with E-state index < -0.39 is 0 Å². The van der Waals surface area contributed by atoms with E-state index in [1.54, 1.807) is 11.7 Å². The summed E-state index contributed by atoms with van der Waals surface area (Å²) in [5, 5.41) is 2.96. The molecule has 2 amide bonds. The Morgan fingerprint density at radius 2 is 1.86 bits per heavy atom. The van der Waals surface area contributed by atoms with E-state index in [9.17, 15) is 14.4 Å². The number of hydrogen-bond acceptors (Lipinski definition) is 5. The zero-order chi connectivity index (χ0) is 25.3. The molecule has 2 saturated carbocycles. The van der Waals surface area contributed by atoms with Crippen molar-refractivity contribution in [1.82, 2.24) is 14.8 Å². The third-order valence-corrected chi connectivity index (χ3v) is 8.28. The second-order valence-corrected chi connectivity index (χ2v) is 10.3. The van der Waals surface area contributed by atoms with Gasteiger partial charge in [0.25, 0.3) is 11.5 Å². The van der Waals surface area contributed by atoms with Crippen molar-refractivity contribution in [2.75, 3.05) is 27.3 Å². The summed E-state index contributed by atoms with van der Waals surface area (Å²) in [4.78, 5) is 41.6. The third-order valence-electron chi connectivity index (χ3n) is 8.28. The number of ether oxygens (including phenoxy) is 2. The molecule has 5 rings (SSSR count). The van der Waals surface area contributed by atoms with Crippen molar-refractivity contribution >= 4 is 11.8 Å². The fourth-order valence-corrected chi connectivity index (χ4v) is 6.15. The van der Waals surface area contributed by atoms with E-state index in [0.29, 0.717) is 43.9 Å². The highest BCUT2D eigenvalue weighted by Crippen LogP contribution is 2.61. The van der Waals surface area contributed by atoms with Gasteiger partial charge in [0.1, 0.15) is 17.1 Å². The maximum Gasteiger partial charge on any atom is 0.257 e. The lowest BCUT2D eigenvalue weighted by molar-refractivity contribution is -0.133. The van der Waals surface area contributed by atoms with Crippen LogP contribution in [0.3, 0.4) is 0 Å². The van der Waals surface area contributed by atoms with Gasteiger partial charge in [0.2, 0.25) is 5.91 Å². The predicted molar refractivity (Wildman–Crippen MR) is 135 cm³/mol. The predicted octanol–water partition coefficient (Wildman–Crippen LogP) is 3.15. The number of carbonyl (C=O) groups excluding carboxylic acids is 2. The van der Waals surface area contributed by atoms with Crippen LogP contribution in [0.4, 0.5) is 0 Å². The number of rotatable bonds is 6. The van der Waals surface area contributed by atoms with Crippen LogP contribution in [0.2, 0.25) is 0 Å². The first-order chi connectivity index (χ1) is 17.5. The van der Waals surface area contributed by atoms with Crippen LogP contribution in [0, 0.1) is 11.3 Å². The number of carbonyl (C=O) groups is 2. The third kappa shape index (κ3) is 4.61. The molecule has 2 heterocycles. The molecule has 2 fully saturated rings. The van der Waals surface area contributed by atoms with Crippen molar-refractivity contribution in [3.63, 3.8) is 0 Å². The summed E-state index contributed by atoms with van der Waals surface area (Å²) in [5.41, 5.74) is 1.90. The van der Waals surface area contributed by atoms with Crippen LogP contribution in [0.15, 0.2) is 35.1 Å². The van der Waals surface area contributed by atoms with Gasteiger partial charge in [-0.25, -0.2) is 0 Å². The first kappa shape index (κ1) is 24.4.